The summed E-state index contributed by atoms with van der Waals surface area (Å²) in [6.45, 7) is 2.75. The van der Waals surface area contributed by atoms with Gasteiger partial charge in [-0.2, -0.15) is 13.2 Å². The zero-order valence-corrected chi connectivity index (χ0v) is 17.1. The fraction of sp³-hybridized carbons (Fsp3) is 0.412. The Morgan fingerprint density at radius 1 is 1.18 bits per heavy atom. The number of hydrogen-bond donors (Lipinski definition) is 1. The molecule has 1 aromatic carbocycles. The van der Waals surface area contributed by atoms with Crippen molar-refractivity contribution < 1.29 is 26.3 Å². The van der Waals surface area contributed by atoms with Crippen LogP contribution < -0.4 is 4.72 Å². The molecular weight excluding hydrogens is 433 g/mol. The van der Waals surface area contributed by atoms with Crippen molar-refractivity contribution >= 4 is 33.1 Å². The number of thiophene rings is 1. The van der Waals surface area contributed by atoms with Gasteiger partial charge in [-0.1, -0.05) is 6.07 Å². The van der Waals surface area contributed by atoms with Crippen molar-refractivity contribution in [3.8, 4) is 0 Å². The highest BCUT2D eigenvalue weighted by atomic mass is 32.2. The summed E-state index contributed by atoms with van der Waals surface area (Å²) in [6, 6.07) is 8.44. The van der Waals surface area contributed by atoms with Gasteiger partial charge in [-0.15, -0.1) is 11.3 Å². The smallest absolute Gasteiger partial charge is 0.379 e. The summed E-state index contributed by atoms with van der Waals surface area (Å²) in [5, 5.41) is 1.94. The molecule has 1 fully saturated rings. The molecular formula is C17H19F3N2O3S3. The summed E-state index contributed by atoms with van der Waals surface area (Å²) in [6.07, 6.45) is 0. The Kier molecular flexibility index (Phi) is 7.05. The third kappa shape index (κ3) is 5.94. The maximum absolute atomic E-state index is 12.6. The lowest BCUT2D eigenvalue weighted by molar-refractivity contribution is -0.0328. The molecule has 1 aliphatic heterocycles. The SMILES string of the molecule is O=S(=O)(NCC(c1cccs1)N1CCOCC1)c1ccc(SC(F)(F)F)cc1. The lowest BCUT2D eigenvalue weighted by atomic mass is 10.2. The van der Waals surface area contributed by atoms with Gasteiger partial charge < -0.3 is 4.74 Å². The lowest BCUT2D eigenvalue weighted by Crippen LogP contribution is -2.43. The molecule has 0 saturated carbocycles. The minimum Gasteiger partial charge on any atom is -0.379 e. The molecule has 0 bridgehead atoms. The molecule has 3 rings (SSSR count). The summed E-state index contributed by atoms with van der Waals surface area (Å²) in [5.41, 5.74) is -4.41. The van der Waals surface area contributed by atoms with Gasteiger partial charge in [0.2, 0.25) is 10.0 Å². The highest BCUT2D eigenvalue weighted by molar-refractivity contribution is 8.00. The second-order valence-corrected chi connectivity index (χ2v) is 9.94. The molecule has 1 N–H and O–H groups in total. The van der Waals surface area contributed by atoms with E-state index >= 15 is 0 Å². The number of sulfonamides is 1. The lowest BCUT2D eigenvalue weighted by Gasteiger charge is -2.34. The van der Waals surface area contributed by atoms with Crippen molar-refractivity contribution in [2.45, 2.75) is 21.3 Å². The Labute approximate surface area is 169 Å². The number of thioether (sulfide) groups is 1. The van der Waals surface area contributed by atoms with Crippen LogP contribution in [0, 0.1) is 0 Å². The van der Waals surface area contributed by atoms with E-state index in [4.69, 9.17) is 4.74 Å². The highest BCUT2D eigenvalue weighted by Gasteiger charge is 2.29. The zero-order chi connectivity index (χ0) is 20.2. The molecule has 0 amide bonds. The molecule has 1 unspecified atom stereocenters. The minimum absolute atomic E-state index is 0.0590. The van der Waals surface area contributed by atoms with Crippen molar-refractivity contribution in [2.24, 2.45) is 0 Å². The third-order valence-corrected chi connectivity index (χ3v) is 7.34. The van der Waals surface area contributed by atoms with E-state index in [2.05, 4.69) is 9.62 Å². The van der Waals surface area contributed by atoms with Gasteiger partial charge in [0, 0.05) is 29.4 Å². The van der Waals surface area contributed by atoms with Crippen LogP contribution in [-0.4, -0.2) is 51.7 Å². The number of morpholine rings is 1. The fourth-order valence-electron chi connectivity index (χ4n) is 2.87. The molecule has 2 heterocycles. The van der Waals surface area contributed by atoms with E-state index in [-0.39, 0.29) is 34.1 Å². The largest absolute Gasteiger partial charge is 0.446 e. The minimum atomic E-state index is -4.41. The molecule has 1 aliphatic rings. The maximum Gasteiger partial charge on any atom is 0.446 e. The summed E-state index contributed by atoms with van der Waals surface area (Å²) in [4.78, 5) is 3.09. The van der Waals surface area contributed by atoms with Gasteiger partial charge in [-0.05, 0) is 47.5 Å². The molecule has 5 nitrogen and oxygen atoms in total. The summed E-state index contributed by atoms with van der Waals surface area (Å²) in [7, 11) is -3.84. The standard InChI is InChI=1S/C17H19F3N2O3S3/c18-17(19,20)27-13-3-5-14(6-4-13)28(23,24)21-12-15(16-2-1-11-26-16)22-7-9-25-10-8-22/h1-6,11,15,21H,7-10,12H2. The average Bonchev–Trinajstić information content (AvgIpc) is 3.16. The number of hydrogen-bond acceptors (Lipinski definition) is 6. The first-order chi connectivity index (χ1) is 13.2. The molecule has 1 aromatic heterocycles. The van der Waals surface area contributed by atoms with Crippen molar-refractivity contribution in [2.75, 3.05) is 32.8 Å². The van der Waals surface area contributed by atoms with Crippen LogP contribution in [0.15, 0.2) is 51.6 Å². The monoisotopic (exact) mass is 452 g/mol. The van der Waals surface area contributed by atoms with Gasteiger partial charge in [0.25, 0.3) is 0 Å². The van der Waals surface area contributed by atoms with E-state index < -0.39 is 15.5 Å². The Balaban J connectivity index is 1.70. The maximum atomic E-state index is 12.6. The predicted octanol–water partition coefficient (Wildman–Crippen LogP) is 3.71. The van der Waals surface area contributed by atoms with Gasteiger partial charge in [0.15, 0.2) is 0 Å². The Hall–Kier alpha value is -1.11. The summed E-state index contributed by atoms with van der Waals surface area (Å²) in [5.74, 6) is 0. The average molecular weight is 453 g/mol. The topological polar surface area (TPSA) is 58.6 Å². The Morgan fingerprint density at radius 2 is 1.86 bits per heavy atom. The van der Waals surface area contributed by atoms with Crippen LogP contribution >= 0.6 is 23.1 Å². The number of benzene rings is 1. The van der Waals surface area contributed by atoms with Crippen LogP contribution in [0.25, 0.3) is 0 Å². The highest BCUT2D eigenvalue weighted by Crippen LogP contribution is 2.37. The van der Waals surface area contributed by atoms with Gasteiger partial charge >= 0.3 is 5.51 Å². The van der Waals surface area contributed by atoms with Crippen LogP contribution in [0.4, 0.5) is 13.2 Å². The van der Waals surface area contributed by atoms with E-state index in [1.807, 2.05) is 17.5 Å². The summed E-state index contributed by atoms with van der Waals surface area (Å²) >= 11 is 1.27. The number of nitrogens with zero attached hydrogens (tertiary/aromatic N) is 1. The molecule has 11 heteroatoms. The molecule has 28 heavy (non-hydrogen) atoms. The zero-order valence-electron chi connectivity index (χ0n) is 14.7. The fourth-order valence-corrected chi connectivity index (χ4v) is 5.31. The summed E-state index contributed by atoms with van der Waals surface area (Å²) < 4.78 is 70.4. The van der Waals surface area contributed by atoms with Gasteiger partial charge in [0.05, 0.1) is 24.2 Å². The van der Waals surface area contributed by atoms with Crippen molar-refractivity contribution in [1.29, 1.82) is 0 Å². The number of halogens is 3. The van der Waals surface area contributed by atoms with Crippen LogP contribution in [0.2, 0.25) is 0 Å². The van der Waals surface area contributed by atoms with E-state index in [9.17, 15) is 21.6 Å². The first-order valence-electron chi connectivity index (χ1n) is 8.45. The van der Waals surface area contributed by atoms with E-state index in [1.165, 1.54) is 12.1 Å². The van der Waals surface area contributed by atoms with Crippen LogP contribution in [-0.2, 0) is 14.8 Å². The van der Waals surface area contributed by atoms with E-state index in [0.29, 0.717) is 26.3 Å². The van der Waals surface area contributed by atoms with Crippen molar-refractivity contribution in [1.82, 2.24) is 9.62 Å². The molecule has 0 spiro atoms. The van der Waals surface area contributed by atoms with Crippen molar-refractivity contribution in [3.63, 3.8) is 0 Å². The number of ether oxygens (including phenoxy) is 1. The molecule has 1 atom stereocenters. The molecule has 0 aliphatic carbocycles. The van der Waals surface area contributed by atoms with Gasteiger partial charge in [-0.3, -0.25) is 4.90 Å². The predicted molar refractivity (Wildman–Crippen MR) is 103 cm³/mol. The number of rotatable bonds is 7. The van der Waals surface area contributed by atoms with E-state index in [0.717, 1.165) is 17.0 Å². The van der Waals surface area contributed by atoms with Crippen LogP contribution in [0.3, 0.4) is 0 Å². The van der Waals surface area contributed by atoms with Crippen molar-refractivity contribution in [3.05, 3.63) is 46.7 Å². The van der Waals surface area contributed by atoms with Crippen LogP contribution in [0.1, 0.15) is 10.9 Å². The first kappa shape index (κ1) is 21.6. The first-order valence-corrected chi connectivity index (χ1v) is 11.6. The van der Waals surface area contributed by atoms with Gasteiger partial charge in [-0.25, -0.2) is 13.1 Å². The van der Waals surface area contributed by atoms with Gasteiger partial charge in [0.1, 0.15) is 0 Å². The Bertz CT molecular complexity index is 850. The molecule has 154 valence electrons. The third-order valence-electron chi connectivity index (χ3n) is 4.19. The quantitative estimate of drug-likeness (QED) is 0.649. The molecule has 2 aromatic rings. The number of nitrogens with one attached hydrogen (secondary N) is 1. The molecule has 1 saturated heterocycles. The second kappa shape index (κ2) is 9.14. The normalized spacial score (nSPS) is 17.5. The Morgan fingerprint density at radius 3 is 2.43 bits per heavy atom. The van der Waals surface area contributed by atoms with Crippen LogP contribution in [0.5, 0.6) is 0 Å². The number of alkyl halides is 3. The molecule has 0 radical (unpaired) electrons. The van der Waals surface area contributed by atoms with E-state index in [1.54, 1.807) is 11.3 Å². The second-order valence-electron chi connectivity index (χ2n) is 6.05.